The number of nitrogens with one attached hydrogen (secondary N) is 2. The first-order valence-corrected chi connectivity index (χ1v) is 13.0. The molecule has 4 rings (SSSR count). The number of hydrogen-bond donors (Lipinski definition) is 2. The number of rotatable bonds is 10. The zero-order chi connectivity index (χ0) is 27.1. The second-order valence-electron chi connectivity index (χ2n) is 8.32. The third kappa shape index (κ3) is 7.11. The molecule has 0 saturated carbocycles. The molecule has 11 heteroatoms. The normalized spacial score (nSPS) is 10.7. The fourth-order valence-electron chi connectivity index (χ4n) is 3.50. The van der Waals surface area contributed by atoms with E-state index >= 15 is 0 Å². The zero-order valence-corrected chi connectivity index (χ0v) is 22.3. The molecule has 3 aromatic carbocycles. The van der Waals surface area contributed by atoms with Crippen LogP contribution < -0.4 is 15.4 Å². The molecule has 0 fully saturated rings. The standard InChI is InChI=1S/C27H25ClFN5O3S/c1-17-4-3-5-23(18(17)2)34-24(14-30-25(35)15-37-22-12-6-19(28)7-13-22)32-33-27(34)38-16-26(36)31-21-10-8-20(29)9-11-21/h3-13H,14-16H2,1-2H3,(H,30,35)(H,31,36). The Morgan fingerprint density at radius 2 is 1.74 bits per heavy atom. The van der Waals surface area contributed by atoms with E-state index in [-0.39, 0.29) is 36.5 Å². The van der Waals surface area contributed by atoms with Gasteiger partial charge in [0.15, 0.2) is 17.6 Å². The van der Waals surface area contributed by atoms with Gasteiger partial charge in [0.1, 0.15) is 11.6 Å². The number of nitrogens with zero attached hydrogens (tertiary/aromatic N) is 3. The molecule has 196 valence electrons. The Hall–Kier alpha value is -3.89. The number of halogens is 2. The van der Waals surface area contributed by atoms with Crippen LogP contribution in [0.25, 0.3) is 5.69 Å². The minimum atomic E-state index is -0.379. The van der Waals surface area contributed by atoms with Crippen LogP contribution in [0.1, 0.15) is 17.0 Å². The molecule has 1 heterocycles. The first-order valence-electron chi connectivity index (χ1n) is 11.6. The van der Waals surface area contributed by atoms with E-state index < -0.39 is 0 Å². The van der Waals surface area contributed by atoms with E-state index in [0.717, 1.165) is 16.8 Å². The molecule has 0 radical (unpaired) electrons. The summed E-state index contributed by atoms with van der Waals surface area (Å²) in [6.45, 7) is 3.92. The highest BCUT2D eigenvalue weighted by molar-refractivity contribution is 7.99. The Labute approximate surface area is 228 Å². The highest BCUT2D eigenvalue weighted by atomic mass is 35.5. The predicted octanol–water partition coefficient (Wildman–Crippen LogP) is 5.10. The summed E-state index contributed by atoms with van der Waals surface area (Å²) in [7, 11) is 0. The molecule has 0 atom stereocenters. The maximum absolute atomic E-state index is 13.1. The summed E-state index contributed by atoms with van der Waals surface area (Å²) in [5, 5.41) is 15.2. The topological polar surface area (TPSA) is 98.1 Å². The fraction of sp³-hybridized carbons (Fsp3) is 0.185. The Morgan fingerprint density at radius 3 is 2.47 bits per heavy atom. The Kier molecular flexibility index (Phi) is 8.98. The summed E-state index contributed by atoms with van der Waals surface area (Å²) in [5.41, 5.74) is 3.44. The molecule has 0 bridgehead atoms. The number of carbonyl (C=O) groups excluding carboxylic acids is 2. The van der Waals surface area contributed by atoms with Gasteiger partial charge >= 0.3 is 0 Å². The molecule has 0 spiro atoms. The number of amides is 2. The lowest BCUT2D eigenvalue weighted by atomic mass is 10.1. The lowest BCUT2D eigenvalue weighted by Crippen LogP contribution is -2.29. The number of aromatic nitrogens is 3. The van der Waals surface area contributed by atoms with Gasteiger partial charge in [-0.25, -0.2) is 4.39 Å². The van der Waals surface area contributed by atoms with Gasteiger partial charge in [0.25, 0.3) is 5.91 Å². The smallest absolute Gasteiger partial charge is 0.258 e. The molecule has 1 aromatic heterocycles. The molecule has 38 heavy (non-hydrogen) atoms. The van der Waals surface area contributed by atoms with Crippen LogP contribution >= 0.6 is 23.4 Å². The van der Waals surface area contributed by atoms with E-state index in [2.05, 4.69) is 20.8 Å². The van der Waals surface area contributed by atoms with Gasteiger partial charge in [-0.1, -0.05) is 35.5 Å². The minimum Gasteiger partial charge on any atom is -0.484 e. The Morgan fingerprint density at radius 1 is 1.00 bits per heavy atom. The van der Waals surface area contributed by atoms with Gasteiger partial charge in [-0.3, -0.25) is 14.2 Å². The van der Waals surface area contributed by atoms with Crippen molar-refractivity contribution in [3.8, 4) is 11.4 Å². The van der Waals surface area contributed by atoms with Crippen molar-refractivity contribution in [2.24, 2.45) is 0 Å². The van der Waals surface area contributed by atoms with Crippen molar-refractivity contribution in [3.63, 3.8) is 0 Å². The van der Waals surface area contributed by atoms with E-state index in [4.69, 9.17) is 16.3 Å². The van der Waals surface area contributed by atoms with Crippen molar-refractivity contribution in [1.82, 2.24) is 20.1 Å². The SMILES string of the molecule is Cc1cccc(-n2c(CNC(=O)COc3ccc(Cl)cc3)nnc2SCC(=O)Nc2ccc(F)cc2)c1C. The van der Waals surface area contributed by atoms with Crippen molar-refractivity contribution < 1.29 is 18.7 Å². The Bertz CT molecular complexity index is 1430. The van der Waals surface area contributed by atoms with Gasteiger partial charge in [0.05, 0.1) is 18.0 Å². The summed E-state index contributed by atoms with van der Waals surface area (Å²) < 4.78 is 20.5. The van der Waals surface area contributed by atoms with Crippen LogP contribution in [0.3, 0.4) is 0 Å². The highest BCUT2D eigenvalue weighted by Gasteiger charge is 2.18. The summed E-state index contributed by atoms with van der Waals surface area (Å²) in [4.78, 5) is 24.9. The van der Waals surface area contributed by atoms with Gasteiger partial charge in [-0.15, -0.1) is 10.2 Å². The van der Waals surface area contributed by atoms with Crippen LogP contribution in [-0.4, -0.2) is 38.9 Å². The van der Waals surface area contributed by atoms with E-state index in [1.54, 1.807) is 24.3 Å². The van der Waals surface area contributed by atoms with Crippen molar-refractivity contribution >= 4 is 40.9 Å². The molecule has 8 nitrogen and oxygen atoms in total. The highest BCUT2D eigenvalue weighted by Crippen LogP contribution is 2.26. The number of carbonyl (C=O) groups is 2. The molecule has 4 aromatic rings. The first-order chi connectivity index (χ1) is 18.3. The van der Waals surface area contributed by atoms with Crippen molar-refractivity contribution in [1.29, 1.82) is 0 Å². The third-order valence-corrected chi connectivity index (χ3v) is 6.79. The number of hydrogen-bond acceptors (Lipinski definition) is 6. The molecule has 2 N–H and O–H groups in total. The van der Waals surface area contributed by atoms with E-state index in [1.807, 2.05) is 36.6 Å². The van der Waals surface area contributed by atoms with Crippen LogP contribution in [0.15, 0.2) is 71.9 Å². The fourth-order valence-corrected chi connectivity index (χ4v) is 4.39. The molecule has 0 aliphatic carbocycles. The van der Waals surface area contributed by atoms with Gasteiger partial charge < -0.3 is 15.4 Å². The molecule has 0 aliphatic heterocycles. The summed E-state index contributed by atoms with van der Waals surface area (Å²) >= 11 is 7.08. The second kappa shape index (κ2) is 12.6. The molecule has 0 aliphatic rings. The number of anilines is 1. The van der Waals surface area contributed by atoms with Gasteiger partial charge in [0, 0.05) is 10.7 Å². The number of benzene rings is 3. The summed E-state index contributed by atoms with van der Waals surface area (Å²) in [6.07, 6.45) is 0. The molecular weight excluding hydrogens is 529 g/mol. The second-order valence-corrected chi connectivity index (χ2v) is 9.70. The molecular formula is C27H25ClFN5O3S. The quantitative estimate of drug-likeness (QED) is 0.265. The first kappa shape index (κ1) is 27.2. The maximum atomic E-state index is 13.1. The molecule has 0 unspecified atom stereocenters. The molecule has 0 saturated heterocycles. The van der Waals surface area contributed by atoms with Crippen molar-refractivity contribution in [3.05, 3.63) is 94.5 Å². The summed E-state index contributed by atoms with van der Waals surface area (Å²) in [6, 6.07) is 18.1. The van der Waals surface area contributed by atoms with Crippen molar-refractivity contribution in [2.45, 2.75) is 25.5 Å². The van der Waals surface area contributed by atoms with Crippen LogP contribution in [0.4, 0.5) is 10.1 Å². The zero-order valence-electron chi connectivity index (χ0n) is 20.7. The maximum Gasteiger partial charge on any atom is 0.258 e. The van der Waals surface area contributed by atoms with E-state index in [9.17, 15) is 14.0 Å². The van der Waals surface area contributed by atoms with E-state index in [1.165, 1.54) is 36.0 Å². The molecule has 2 amide bonds. The lowest BCUT2D eigenvalue weighted by Gasteiger charge is -2.15. The summed E-state index contributed by atoms with van der Waals surface area (Å²) in [5.74, 6) is 0.104. The largest absolute Gasteiger partial charge is 0.484 e. The van der Waals surface area contributed by atoms with Crippen LogP contribution in [-0.2, 0) is 16.1 Å². The van der Waals surface area contributed by atoms with Gasteiger partial charge in [-0.2, -0.15) is 0 Å². The number of ether oxygens (including phenoxy) is 1. The van der Waals surface area contributed by atoms with Gasteiger partial charge in [-0.05, 0) is 79.6 Å². The van der Waals surface area contributed by atoms with Crippen LogP contribution in [0.5, 0.6) is 5.75 Å². The van der Waals surface area contributed by atoms with Gasteiger partial charge in [0.2, 0.25) is 5.91 Å². The number of aryl methyl sites for hydroxylation is 1. The third-order valence-electron chi connectivity index (χ3n) is 5.60. The Balaban J connectivity index is 1.45. The van der Waals surface area contributed by atoms with Crippen LogP contribution in [0.2, 0.25) is 5.02 Å². The predicted molar refractivity (Wildman–Crippen MR) is 145 cm³/mol. The average molecular weight is 554 g/mol. The van der Waals surface area contributed by atoms with E-state index in [0.29, 0.717) is 27.4 Å². The number of thioether (sulfide) groups is 1. The lowest BCUT2D eigenvalue weighted by molar-refractivity contribution is -0.123. The van der Waals surface area contributed by atoms with Crippen molar-refractivity contribution in [2.75, 3.05) is 17.7 Å². The average Bonchev–Trinajstić information content (AvgIpc) is 3.31. The monoisotopic (exact) mass is 553 g/mol. The van der Waals surface area contributed by atoms with Crippen LogP contribution in [0, 0.1) is 19.7 Å². The minimum absolute atomic E-state index is 0.0572.